The van der Waals surface area contributed by atoms with Crippen LogP contribution in [0.5, 0.6) is 0 Å². The van der Waals surface area contributed by atoms with Crippen molar-refractivity contribution in [2.45, 2.75) is 424 Å². The Hall–Kier alpha value is -1.72. The molecule has 0 aliphatic heterocycles. The van der Waals surface area contributed by atoms with Crippen molar-refractivity contribution in [2.75, 3.05) is 55.1 Å². The molecule has 0 aliphatic carbocycles. The minimum Gasteiger partial charge on any atom is -0.461 e. The largest absolute Gasteiger partial charge is 0.461 e. The van der Waals surface area contributed by atoms with Crippen molar-refractivity contribution in [2.24, 2.45) is 10.8 Å². The number of methoxy groups -OCH3 is 2. The Bertz CT molecular complexity index is 1130. The van der Waals surface area contributed by atoms with Crippen LogP contribution in [0.1, 0.15) is 406 Å². The summed E-state index contributed by atoms with van der Waals surface area (Å²) in [5.74, 6) is -0.110. The SMILES string of the molecule is C=O.CC.CC.CCCCC.CCCCC.CCCCCCCC(CCCCCCC)OC.CCCCCCCCC(CCCCCCCC)OC.CN(C)CCC(=O)OC(CCCCCCCCC(C)(C)C=O)CNCCCCCCC(C)(C)C=O.CO. The average Bonchev–Trinajstić information content (AvgIpc) is 3.60. The van der Waals surface area contributed by atoms with E-state index in [1.165, 1.54) is 225 Å². The molecule has 0 aromatic heterocycles. The molecule has 1 atom stereocenters. The van der Waals surface area contributed by atoms with Gasteiger partial charge in [-0.1, -0.05) is 342 Å². The number of ether oxygens (including phenoxy) is 3. The molecule has 10 nitrogen and oxygen atoms in total. The Labute approximate surface area is 561 Å². The maximum absolute atomic E-state index is 12.3. The lowest BCUT2D eigenvalue weighted by atomic mass is 9.88. The molecule has 0 aromatic carbocycles. The molecule has 0 saturated carbocycles. The second kappa shape index (κ2) is 97.4. The molecule has 0 aromatic rings. The minimum absolute atomic E-state index is 0.0635. The quantitative estimate of drug-likeness (QED) is 0.0345. The monoisotopic (exact) mass is 1280 g/mol. The Kier molecular flexibility index (Phi) is 116. The summed E-state index contributed by atoms with van der Waals surface area (Å²) in [4.78, 5) is 44.2. The Morgan fingerprint density at radius 3 is 0.910 bits per heavy atom. The number of carbonyl (C=O) groups excluding carboxylic acids is 4. The summed E-state index contributed by atoms with van der Waals surface area (Å²) < 4.78 is 17.0. The molecule has 1 unspecified atom stereocenters. The minimum atomic E-state index is -0.199. The van der Waals surface area contributed by atoms with Gasteiger partial charge in [-0.05, 0) is 78.4 Å². The highest BCUT2D eigenvalue weighted by molar-refractivity contribution is 5.69. The number of nitrogens with one attached hydrogen (secondary N) is 1. The van der Waals surface area contributed by atoms with E-state index in [2.05, 4.69) is 60.7 Å². The number of carbonyl (C=O) groups is 4. The molecular weight excluding hydrogens is 1100 g/mol. The van der Waals surface area contributed by atoms with Gasteiger partial charge in [-0.2, -0.15) is 0 Å². The molecule has 0 saturated heterocycles. The Morgan fingerprint density at radius 2 is 0.663 bits per heavy atom. The summed E-state index contributed by atoms with van der Waals surface area (Å²) >= 11 is 0. The van der Waals surface area contributed by atoms with Crippen LogP contribution >= 0.6 is 0 Å². The van der Waals surface area contributed by atoms with Crippen molar-refractivity contribution in [3.63, 3.8) is 0 Å². The number of aldehydes is 2. The van der Waals surface area contributed by atoms with E-state index < -0.39 is 0 Å². The van der Waals surface area contributed by atoms with Crippen LogP contribution in [0.3, 0.4) is 0 Å². The van der Waals surface area contributed by atoms with Crippen LogP contribution in [0.4, 0.5) is 0 Å². The molecule has 0 fully saturated rings. The van der Waals surface area contributed by atoms with E-state index in [0.717, 1.165) is 90.4 Å². The zero-order chi connectivity index (χ0) is 69.8. The fourth-order valence-corrected chi connectivity index (χ4v) is 9.71. The molecule has 0 bridgehead atoms. The number of nitrogens with zero attached hydrogens (tertiary/aromatic N) is 1. The van der Waals surface area contributed by atoms with E-state index in [-0.39, 0.29) is 22.9 Å². The number of aliphatic hydroxyl groups excluding tert-OH is 1. The third kappa shape index (κ3) is 108. The number of hydrogen-bond acceptors (Lipinski definition) is 10. The highest BCUT2D eigenvalue weighted by atomic mass is 16.5. The highest BCUT2D eigenvalue weighted by Gasteiger charge is 2.17. The maximum Gasteiger partial charge on any atom is 0.307 e. The van der Waals surface area contributed by atoms with Crippen molar-refractivity contribution < 1.29 is 38.5 Å². The van der Waals surface area contributed by atoms with E-state index in [9.17, 15) is 14.4 Å². The van der Waals surface area contributed by atoms with Crippen LogP contribution in [-0.2, 0) is 33.4 Å². The van der Waals surface area contributed by atoms with Crippen molar-refractivity contribution >= 4 is 25.3 Å². The van der Waals surface area contributed by atoms with Crippen LogP contribution in [0.25, 0.3) is 0 Å². The van der Waals surface area contributed by atoms with Gasteiger partial charge in [0.15, 0.2) is 0 Å². The lowest BCUT2D eigenvalue weighted by Crippen LogP contribution is -2.32. The predicted molar refractivity (Wildman–Crippen MR) is 398 cm³/mol. The summed E-state index contributed by atoms with van der Waals surface area (Å²) in [5, 5.41) is 10.5. The highest BCUT2D eigenvalue weighted by Crippen LogP contribution is 2.23. The topological polar surface area (TPSA) is 131 Å². The third-order valence-electron chi connectivity index (χ3n) is 15.7. The second-order valence-corrected chi connectivity index (χ2v) is 25.8. The fourth-order valence-electron chi connectivity index (χ4n) is 9.71. The fraction of sp³-hybridized carbons (Fsp3) is 0.949. The number of aliphatic hydroxyl groups is 1. The van der Waals surface area contributed by atoms with Gasteiger partial charge in [0.05, 0.1) is 18.6 Å². The van der Waals surface area contributed by atoms with Gasteiger partial charge >= 0.3 is 5.97 Å². The van der Waals surface area contributed by atoms with E-state index in [1.54, 1.807) is 0 Å². The van der Waals surface area contributed by atoms with E-state index in [4.69, 9.17) is 24.1 Å². The normalized spacial score (nSPS) is 10.9. The van der Waals surface area contributed by atoms with E-state index >= 15 is 0 Å². The Balaban J connectivity index is -0.000000143. The Morgan fingerprint density at radius 1 is 0.416 bits per heavy atom. The van der Waals surface area contributed by atoms with Crippen molar-refractivity contribution in [3.8, 4) is 0 Å². The first-order chi connectivity index (χ1) is 43.0. The third-order valence-corrected chi connectivity index (χ3v) is 15.7. The van der Waals surface area contributed by atoms with Gasteiger partial charge in [-0.15, -0.1) is 0 Å². The van der Waals surface area contributed by atoms with Crippen LogP contribution in [0.2, 0.25) is 0 Å². The van der Waals surface area contributed by atoms with Gasteiger partial charge in [0.25, 0.3) is 0 Å². The van der Waals surface area contributed by atoms with Crippen molar-refractivity contribution in [1.29, 1.82) is 0 Å². The molecule has 0 spiro atoms. The van der Waals surface area contributed by atoms with Gasteiger partial charge in [0.1, 0.15) is 25.5 Å². The molecule has 544 valence electrons. The molecule has 10 heteroatoms. The second-order valence-electron chi connectivity index (χ2n) is 25.8. The molecule has 89 heavy (non-hydrogen) atoms. The molecule has 0 aliphatic rings. The van der Waals surface area contributed by atoms with E-state index in [1.807, 2.05) is 95.4 Å². The molecule has 2 N–H and O–H groups in total. The zero-order valence-electron chi connectivity index (χ0n) is 65.0. The van der Waals surface area contributed by atoms with Crippen LogP contribution in [0.15, 0.2) is 0 Å². The predicted octanol–water partition coefficient (Wildman–Crippen LogP) is 24.1. The number of rotatable bonds is 56. The van der Waals surface area contributed by atoms with Gasteiger partial charge in [-0.3, -0.25) is 4.79 Å². The summed E-state index contributed by atoms with van der Waals surface area (Å²) in [6, 6.07) is 0. The summed E-state index contributed by atoms with van der Waals surface area (Å²) in [6.45, 7) is 38.3. The van der Waals surface area contributed by atoms with Crippen LogP contribution in [-0.4, -0.2) is 109 Å². The molecular formula is C79H170N2O8. The standard InChI is InChI=1S/C29H56N2O4.C18H38O.C16H34O.2C5H12.2C2H6.CH4O.CH2O/c1-28(2,24-32)19-14-10-8-7-9-13-17-26(35-27(34)18-22-31(5)6)23-30-21-16-12-11-15-20-29(3,4)25-33;1-4-6-8-10-12-14-16-18(19-3)17-15-13-11-9-7-5-2;1-4-6-8-10-12-14-16(17-3)15-13-11-9-7-5-2;2*1-3-5-4-2;4*1-2/h24-26,30H,7-23H2,1-6H3;18H,4-17H2,1-3H3;16H,4-15H2,1-3H3;2*3-5H2,1-2H3;2*1-2H3;2H,1H3;1H2. The number of esters is 1. The molecule has 0 heterocycles. The van der Waals surface area contributed by atoms with E-state index in [0.29, 0.717) is 31.7 Å². The van der Waals surface area contributed by atoms with Gasteiger partial charge in [-0.25, -0.2) is 0 Å². The lowest BCUT2D eigenvalue weighted by Gasteiger charge is -2.20. The summed E-state index contributed by atoms with van der Waals surface area (Å²) in [5.41, 5.74) is -0.390. The summed E-state index contributed by atoms with van der Waals surface area (Å²) in [7, 11) is 8.69. The molecule has 0 rings (SSSR count). The summed E-state index contributed by atoms with van der Waals surface area (Å²) in [6.07, 6.45) is 61.5. The average molecular weight is 1280 g/mol. The first-order valence-corrected chi connectivity index (χ1v) is 38.3. The van der Waals surface area contributed by atoms with Crippen molar-refractivity contribution in [1.82, 2.24) is 10.2 Å². The zero-order valence-corrected chi connectivity index (χ0v) is 65.0. The molecule has 0 amide bonds. The van der Waals surface area contributed by atoms with Crippen molar-refractivity contribution in [3.05, 3.63) is 0 Å². The van der Waals surface area contributed by atoms with Gasteiger partial charge in [0, 0.05) is 45.2 Å². The van der Waals surface area contributed by atoms with Crippen LogP contribution < -0.4 is 5.32 Å². The number of unbranched alkanes of at least 4 members (excludes halogenated alkanes) is 30. The first-order valence-electron chi connectivity index (χ1n) is 38.3. The van der Waals surface area contributed by atoms with Crippen LogP contribution in [0, 0.1) is 10.8 Å². The maximum atomic E-state index is 12.3. The first kappa shape index (κ1) is 106. The molecule has 0 radical (unpaired) electrons. The smallest absolute Gasteiger partial charge is 0.307 e. The van der Waals surface area contributed by atoms with Gasteiger partial charge < -0.3 is 43.9 Å². The van der Waals surface area contributed by atoms with Gasteiger partial charge in [0.2, 0.25) is 0 Å². The lowest BCUT2D eigenvalue weighted by molar-refractivity contribution is -0.149. The number of hydrogen-bond donors (Lipinski definition) is 2.